The Morgan fingerprint density at radius 1 is 1.09 bits per heavy atom. The van der Waals surface area contributed by atoms with Crippen molar-refractivity contribution in [2.45, 2.75) is 17.9 Å². The van der Waals surface area contributed by atoms with Crippen LogP contribution in [0.25, 0.3) is 0 Å². The third-order valence-electron chi connectivity index (χ3n) is 4.61. The first-order chi connectivity index (χ1) is 16.5. The van der Waals surface area contributed by atoms with Gasteiger partial charge in [-0.05, 0) is 55.5 Å². The fourth-order valence-electron chi connectivity index (χ4n) is 3.00. The molecule has 3 aromatic rings. The van der Waals surface area contributed by atoms with Gasteiger partial charge in [0.15, 0.2) is 0 Å². The van der Waals surface area contributed by atoms with Crippen LogP contribution in [0.15, 0.2) is 71.6 Å². The standard InChI is InChI=1S/C22H17ClF2N2O7S/c1-14(13-33-22(28)34-18-7-5-17(6-8-18)27(29)30)26(21-12-16(24)4-11-20(21)25)35(31,32)19-9-2-15(23)3-10-19/h2-12,14H,13H2,1H3/t14-/m1/s1. The first-order valence-corrected chi connectivity index (χ1v) is 11.6. The Bertz CT molecular complexity index is 1340. The lowest BCUT2D eigenvalue weighted by Gasteiger charge is -2.30. The number of nitrogens with zero attached hydrogens (tertiary/aromatic N) is 2. The number of benzene rings is 3. The van der Waals surface area contributed by atoms with Gasteiger partial charge < -0.3 is 9.47 Å². The Hall–Kier alpha value is -3.77. The molecule has 13 heteroatoms. The Balaban J connectivity index is 1.83. The van der Waals surface area contributed by atoms with Crippen LogP contribution >= 0.6 is 11.6 Å². The molecule has 0 saturated heterocycles. The van der Waals surface area contributed by atoms with Crippen molar-refractivity contribution in [3.05, 3.63) is 93.5 Å². The summed E-state index contributed by atoms with van der Waals surface area (Å²) >= 11 is 5.82. The van der Waals surface area contributed by atoms with Crippen LogP contribution in [0.4, 0.5) is 25.0 Å². The van der Waals surface area contributed by atoms with E-state index in [1.165, 1.54) is 43.3 Å². The number of ether oxygens (including phenoxy) is 2. The zero-order valence-electron chi connectivity index (χ0n) is 17.9. The van der Waals surface area contributed by atoms with Crippen molar-refractivity contribution in [3.8, 4) is 5.75 Å². The topological polar surface area (TPSA) is 116 Å². The second-order valence-electron chi connectivity index (χ2n) is 7.11. The van der Waals surface area contributed by atoms with E-state index in [9.17, 15) is 32.1 Å². The van der Waals surface area contributed by atoms with Crippen molar-refractivity contribution in [3.63, 3.8) is 0 Å². The third-order valence-corrected chi connectivity index (χ3v) is 6.80. The van der Waals surface area contributed by atoms with E-state index < -0.39 is 51.1 Å². The Kier molecular flexibility index (Phi) is 7.87. The highest BCUT2D eigenvalue weighted by Crippen LogP contribution is 2.30. The molecule has 0 aliphatic carbocycles. The summed E-state index contributed by atoms with van der Waals surface area (Å²) in [4.78, 5) is 21.9. The van der Waals surface area contributed by atoms with Crippen molar-refractivity contribution >= 4 is 39.2 Å². The first-order valence-electron chi connectivity index (χ1n) is 9.83. The first kappa shape index (κ1) is 25.8. The molecule has 9 nitrogen and oxygen atoms in total. The summed E-state index contributed by atoms with van der Waals surface area (Å²) < 4.78 is 65.6. The lowest BCUT2D eigenvalue weighted by atomic mass is 10.2. The summed E-state index contributed by atoms with van der Waals surface area (Å²) in [6, 6.07) is 10.7. The summed E-state index contributed by atoms with van der Waals surface area (Å²) in [7, 11) is -4.46. The van der Waals surface area contributed by atoms with Gasteiger partial charge in [0.2, 0.25) is 0 Å². The number of carbonyl (C=O) groups excluding carboxylic acids is 1. The van der Waals surface area contributed by atoms with Crippen molar-refractivity contribution in [2.75, 3.05) is 10.9 Å². The van der Waals surface area contributed by atoms with E-state index in [1.54, 1.807) is 0 Å². The molecule has 0 fully saturated rings. The van der Waals surface area contributed by atoms with Gasteiger partial charge in [-0.15, -0.1) is 0 Å². The minimum absolute atomic E-state index is 0.0601. The molecule has 0 unspecified atom stereocenters. The molecule has 0 heterocycles. The molecular weight excluding hydrogens is 510 g/mol. The number of nitro benzene ring substituents is 1. The van der Waals surface area contributed by atoms with Crippen LogP contribution in [0.1, 0.15) is 6.92 Å². The number of halogens is 3. The predicted molar refractivity (Wildman–Crippen MR) is 122 cm³/mol. The second kappa shape index (κ2) is 10.7. The molecule has 3 aromatic carbocycles. The predicted octanol–water partition coefficient (Wildman–Crippen LogP) is 5.33. The molecule has 35 heavy (non-hydrogen) atoms. The molecule has 0 bridgehead atoms. The monoisotopic (exact) mass is 526 g/mol. The maximum absolute atomic E-state index is 14.6. The number of rotatable bonds is 8. The fourth-order valence-corrected chi connectivity index (χ4v) is 4.76. The van der Waals surface area contributed by atoms with Crippen molar-refractivity contribution in [1.29, 1.82) is 0 Å². The molecule has 3 rings (SSSR count). The number of hydrogen-bond acceptors (Lipinski definition) is 7. The SMILES string of the molecule is C[C@H](COC(=O)Oc1ccc([N+](=O)[O-])cc1)N(c1cc(F)ccc1F)S(=O)(=O)c1ccc(Cl)cc1. The highest BCUT2D eigenvalue weighted by atomic mass is 35.5. The maximum atomic E-state index is 14.6. The second-order valence-corrected chi connectivity index (χ2v) is 9.36. The average Bonchev–Trinajstić information content (AvgIpc) is 2.80. The van der Waals surface area contributed by atoms with Gasteiger partial charge in [0.25, 0.3) is 15.7 Å². The minimum atomic E-state index is -4.46. The van der Waals surface area contributed by atoms with Gasteiger partial charge in [0, 0.05) is 23.2 Å². The fraction of sp³-hybridized carbons (Fsp3) is 0.136. The highest BCUT2D eigenvalue weighted by molar-refractivity contribution is 7.92. The molecule has 0 spiro atoms. The van der Waals surface area contributed by atoms with Crippen LogP contribution in [0.5, 0.6) is 5.75 Å². The molecular formula is C22H17ClF2N2O7S. The van der Waals surface area contributed by atoms with Crippen LogP contribution in [0, 0.1) is 21.7 Å². The minimum Gasteiger partial charge on any atom is -0.432 e. The lowest BCUT2D eigenvalue weighted by Crippen LogP contribution is -2.42. The largest absolute Gasteiger partial charge is 0.513 e. The Morgan fingerprint density at radius 2 is 1.71 bits per heavy atom. The number of anilines is 1. The number of hydrogen-bond donors (Lipinski definition) is 0. The molecule has 0 amide bonds. The van der Waals surface area contributed by atoms with E-state index >= 15 is 0 Å². The van der Waals surface area contributed by atoms with Gasteiger partial charge in [-0.3, -0.25) is 14.4 Å². The smallest absolute Gasteiger partial charge is 0.432 e. The van der Waals surface area contributed by atoms with E-state index in [4.69, 9.17) is 21.1 Å². The summed E-state index contributed by atoms with van der Waals surface area (Å²) in [5.41, 5.74) is -0.820. The third kappa shape index (κ3) is 6.22. The van der Waals surface area contributed by atoms with Gasteiger partial charge in [0.1, 0.15) is 24.0 Å². The summed E-state index contributed by atoms with van der Waals surface area (Å²) in [6.07, 6.45) is -1.24. The Morgan fingerprint density at radius 3 is 2.31 bits per heavy atom. The molecule has 0 aliphatic rings. The summed E-state index contributed by atoms with van der Waals surface area (Å²) in [6.45, 7) is 0.714. The number of nitro groups is 1. The molecule has 0 saturated carbocycles. The molecule has 184 valence electrons. The molecule has 0 N–H and O–H groups in total. The zero-order valence-corrected chi connectivity index (χ0v) is 19.5. The summed E-state index contributed by atoms with van der Waals surface area (Å²) in [5, 5.41) is 11.0. The molecule has 1 atom stereocenters. The quantitative estimate of drug-likeness (QED) is 0.169. The molecule has 0 aromatic heterocycles. The van der Waals surface area contributed by atoms with E-state index in [1.807, 2.05) is 0 Å². The van der Waals surface area contributed by atoms with Crippen LogP contribution in [0.3, 0.4) is 0 Å². The van der Waals surface area contributed by atoms with Gasteiger partial charge in [0.05, 0.1) is 21.5 Å². The van der Waals surface area contributed by atoms with Gasteiger partial charge >= 0.3 is 6.16 Å². The Labute approximate surface area is 203 Å². The van der Waals surface area contributed by atoms with Gasteiger partial charge in [-0.2, -0.15) is 0 Å². The van der Waals surface area contributed by atoms with Gasteiger partial charge in [-0.1, -0.05) is 11.6 Å². The van der Waals surface area contributed by atoms with Crippen LogP contribution < -0.4 is 9.04 Å². The summed E-state index contributed by atoms with van der Waals surface area (Å²) in [5.74, 6) is -1.97. The van der Waals surface area contributed by atoms with E-state index in [-0.39, 0.29) is 21.4 Å². The van der Waals surface area contributed by atoms with Crippen LogP contribution in [-0.2, 0) is 14.8 Å². The van der Waals surface area contributed by atoms with Crippen LogP contribution in [0.2, 0.25) is 5.02 Å². The van der Waals surface area contributed by atoms with Crippen molar-refractivity contribution in [2.24, 2.45) is 0 Å². The van der Waals surface area contributed by atoms with E-state index in [2.05, 4.69) is 0 Å². The highest BCUT2D eigenvalue weighted by Gasteiger charge is 2.33. The van der Waals surface area contributed by atoms with Crippen molar-refractivity contribution < 1.29 is 36.4 Å². The zero-order chi connectivity index (χ0) is 25.8. The van der Waals surface area contributed by atoms with E-state index in [0.717, 1.165) is 24.3 Å². The van der Waals surface area contributed by atoms with Crippen LogP contribution in [-0.4, -0.2) is 32.1 Å². The molecule has 0 aliphatic heterocycles. The number of sulfonamides is 1. The molecule has 0 radical (unpaired) electrons. The van der Waals surface area contributed by atoms with Crippen molar-refractivity contribution in [1.82, 2.24) is 0 Å². The van der Waals surface area contributed by atoms with E-state index in [0.29, 0.717) is 10.4 Å². The maximum Gasteiger partial charge on any atom is 0.513 e. The lowest BCUT2D eigenvalue weighted by molar-refractivity contribution is -0.384. The average molecular weight is 527 g/mol. The number of non-ortho nitro benzene ring substituents is 1. The normalized spacial score (nSPS) is 12.0. The number of carbonyl (C=O) groups is 1. The van der Waals surface area contributed by atoms with Gasteiger partial charge in [-0.25, -0.2) is 22.0 Å².